The van der Waals surface area contributed by atoms with E-state index in [1.165, 1.54) is 257 Å². The second-order valence-corrected chi connectivity index (χ2v) is 31.1. The van der Waals surface area contributed by atoms with Gasteiger partial charge in [0.25, 0.3) is 11.8 Å². The summed E-state index contributed by atoms with van der Waals surface area (Å²) in [6.45, 7) is 9.26. The number of carbonyl (C=O) groups is 7. The number of nitrogens with zero attached hydrogens (tertiary/aromatic N) is 6. The summed E-state index contributed by atoms with van der Waals surface area (Å²) in [5.41, 5.74) is 33.0. The van der Waals surface area contributed by atoms with Crippen molar-refractivity contribution in [1.82, 2.24) is 37.7 Å². The summed E-state index contributed by atoms with van der Waals surface area (Å²) in [4.78, 5) is 106. The van der Waals surface area contributed by atoms with E-state index >= 15 is 0 Å². The number of amides is 7. The third-order valence-corrected chi connectivity index (χ3v) is 20.5. The summed E-state index contributed by atoms with van der Waals surface area (Å²) in [6, 6.07) is -5.28. The minimum Gasteiger partial charge on any atom is -0.370 e. The Morgan fingerprint density at radius 2 is 0.514 bits per heavy atom. The number of rotatable bonds is 82. The van der Waals surface area contributed by atoms with Crippen molar-refractivity contribution >= 4 is 78.1 Å². The van der Waals surface area contributed by atoms with E-state index in [1.54, 1.807) is 24.9 Å². The lowest BCUT2D eigenvalue weighted by molar-refractivity contribution is -0.133. The predicted octanol–water partition coefficient (Wildman–Crippen LogP) is 18.2. The summed E-state index contributed by atoms with van der Waals surface area (Å²) in [5, 5.41) is 24.9. The molecule has 0 aliphatic heterocycles. The number of carbonyl (C=O) groups excluding carboxylic acids is 7. The van der Waals surface area contributed by atoms with Crippen LogP contribution in [0.25, 0.3) is 0 Å². The van der Waals surface area contributed by atoms with Crippen LogP contribution in [0.5, 0.6) is 0 Å². The van der Waals surface area contributed by atoms with E-state index < -0.39 is 71.9 Å². The molecule has 0 unspecified atom stereocenters. The molecular formula is C87H167N17O7. The van der Waals surface area contributed by atoms with Gasteiger partial charge in [-0.2, -0.15) is 20.4 Å². The number of unbranched alkanes of at least 4 members (excludes halogenated alkanes) is 53. The van der Waals surface area contributed by atoms with Crippen molar-refractivity contribution in [2.45, 2.75) is 469 Å². The van der Waals surface area contributed by atoms with Crippen LogP contribution in [0, 0.1) is 0 Å². The molecule has 0 fully saturated rings. The number of aliphatic imine (C=N–C) groups is 2. The molecular weight excluding hydrogens is 1400 g/mol. The van der Waals surface area contributed by atoms with Crippen LogP contribution in [0.2, 0.25) is 0 Å². The number of guanidine groups is 2. The quantitative estimate of drug-likeness (QED) is 0.0118. The first-order valence-electron chi connectivity index (χ1n) is 45.5. The summed E-state index contributed by atoms with van der Waals surface area (Å²) in [7, 11) is 0. The van der Waals surface area contributed by atoms with Crippen molar-refractivity contribution in [3.8, 4) is 0 Å². The molecule has 15 N–H and O–H groups in total. The SMILES string of the molecule is CCCCCCCCCCCCCCC/C=N/NC(=O)CC[C@H](NC(=O)CC[C@H](NC(=O)[C@H](CCCCN=C(N)N)N=C(N)N)C(=O)N[C@@H](CCC(=O)N/N=C/CCCCCCCCCCCCCCC)C(=O)N/N=C/CCCCCCCCCCCCCCC)C(=O)N/N=C/CCCCCCCCCCCCCCC. The molecule has 0 bridgehead atoms. The van der Waals surface area contributed by atoms with Crippen LogP contribution in [-0.2, 0) is 33.6 Å². The van der Waals surface area contributed by atoms with Gasteiger partial charge in [-0.15, -0.1) is 0 Å². The van der Waals surface area contributed by atoms with E-state index in [9.17, 15) is 33.6 Å². The Morgan fingerprint density at radius 3 is 0.802 bits per heavy atom. The summed E-state index contributed by atoms with van der Waals surface area (Å²) in [5.74, 6) is -5.08. The maximum absolute atomic E-state index is 14.8. The van der Waals surface area contributed by atoms with Crippen molar-refractivity contribution in [1.29, 1.82) is 0 Å². The highest BCUT2D eigenvalue weighted by molar-refractivity contribution is 5.95. The minimum absolute atomic E-state index is 0.0865. The zero-order chi connectivity index (χ0) is 81.2. The van der Waals surface area contributed by atoms with Crippen molar-refractivity contribution < 1.29 is 33.6 Å². The van der Waals surface area contributed by atoms with Crippen LogP contribution in [0.3, 0.4) is 0 Å². The molecule has 0 saturated heterocycles. The maximum Gasteiger partial charge on any atom is 0.262 e. The average Bonchev–Trinajstić information content (AvgIpc) is 0.868. The Hall–Kier alpha value is -6.49. The molecule has 7 amide bonds. The zero-order valence-corrected chi connectivity index (χ0v) is 71.1. The lowest BCUT2D eigenvalue weighted by atomic mass is 10.0. The molecule has 111 heavy (non-hydrogen) atoms. The largest absolute Gasteiger partial charge is 0.370 e. The van der Waals surface area contributed by atoms with Gasteiger partial charge in [0.1, 0.15) is 24.2 Å². The van der Waals surface area contributed by atoms with Gasteiger partial charge in [0, 0.05) is 50.7 Å². The molecule has 0 radical (unpaired) electrons. The third kappa shape index (κ3) is 73.4. The highest BCUT2D eigenvalue weighted by Gasteiger charge is 2.31. The molecule has 0 rings (SSSR count). The van der Waals surface area contributed by atoms with E-state index in [4.69, 9.17) is 22.9 Å². The fourth-order valence-electron chi connectivity index (χ4n) is 13.5. The maximum atomic E-state index is 14.8. The summed E-state index contributed by atoms with van der Waals surface area (Å²) < 4.78 is 0. The first kappa shape index (κ1) is 105. The van der Waals surface area contributed by atoms with E-state index in [0.717, 1.165) is 77.0 Å². The molecule has 0 spiro atoms. The van der Waals surface area contributed by atoms with Crippen LogP contribution in [0.4, 0.5) is 0 Å². The molecule has 0 saturated carbocycles. The summed E-state index contributed by atoms with van der Waals surface area (Å²) >= 11 is 0. The average molecular weight is 1560 g/mol. The van der Waals surface area contributed by atoms with Gasteiger partial charge in [-0.3, -0.25) is 38.6 Å². The molecule has 0 aromatic heterocycles. The Labute approximate surface area is 675 Å². The lowest BCUT2D eigenvalue weighted by Crippen LogP contribution is -2.55. The van der Waals surface area contributed by atoms with Gasteiger partial charge < -0.3 is 38.9 Å². The fraction of sp³-hybridized carbons (Fsp3) is 0.851. The van der Waals surface area contributed by atoms with E-state index in [-0.39, 0.29) is 57.0 Å². The Morgan fingerprint density at radius 1 is 0.261 bits per heavy atom. The molecule has 4 atom stereocenters. The van der Waals surface area contributed by atoms with Gasteiger partial charge >= 0.3 is 0 Å². The smallest absolute Gasteiger partial charge is 0.262 e. The standard InChI is InChI=1S/C87H167N17O7/c1-5-9-13-17-21-25-29-33-37-41-45-49-53-58-71-93-101-80(106)68-65-77(84(110)103-95-73-60-55-51-47-43-39-35-31-27-23-19-15-11-7-3)97-79(105)67-64-76(98-82(108)75(100-87(90)91)63-57-62-70-92-86(88)89)83(109)99-78(85(111)104-96-74-61-56-52-48-44-40-36-32-28-24-20-16-12-8-4)66-69-81(107)102-94-72-59-54-50-46-42-38-34-30-26-22-18-14-10-6-2/h71-78H,5-70H2,1-4H3,(H,97,105)(H,98,108)(H,99,109)(H,101,106)(H,102,107)(H,103,110)(H,104,111)(H4,88,89,92)(H4,90,91,100)/b93-71+,94-72+,95-73+,96-74+/t75-,76-,77-,78-/m0/s1. The molecule has 0 aromatic carbocycles. The van der Waals surface area contributed by atoms with Gasteiger partial charge in [0.15, 0.2) is 11.9 Å². The molecule has 642 valence electrons. The molecule has 24 nitrogen and oxygen atoms in total. The number of hydrogen-bond acceptors (Lipinski definition) is 13. The van der Waals surface area contributed by atoms with Crippen molar-refractivity contribution in [3.63, 3.8) is 0 Å². The van der Waals surface area contributed by atoms with Crippen LogP contribution >= 0.6 is 0 Å². The topological polar surface area (TPSA) is 382 Å². The second-order valence-electron chi connectivity index (χ2n) is 31.1. The molecule has 0 heterocycles. The molecule has 0 aromatic rings. The normalized spacial score (nSPS) is 12.6. The number of nitrogens with one attached hydrogen (secondary N) is 7. The molecule has 0 aliphatic rings. The molecule has 24 heteroatoms. The Kier molecular flexibility index (Phi) is 76.8. The molecule has 0 aliphatic carbocycles. The first-order valence-corrected chi connectivity index (χ1v) is 45.5. The lowest BCUT2D eigenvalue weighted by Gasteiger charge is -2.24. The third-order valence-electron chi connectivity index (χ3n) is 20.5. The van der Waals surface area contributed by atoms with E-state index in [2.05, 4.69) is 95.7 Å². The number of hydrogen-bond donors (Lipinski definition) is 11. The van der Waals surface area contributed by atoms with E-state index in [1.807, 2.05) is 0 Å². The van der Waals surface area contributed by atoms with Crippen LogP contribution in [0.15, 0.2) is 30.4 Å². The predicted molar refractivity (Wildman–Crippen MR) is 465 cm³/mol. The summed E-state index contributed by atoms with van der Waals surface area (Å²) in [6.07, 6.45) is 73.0. The number of nitrogens with two attached hydrogens (primary N) is 4. The van der Waals surface area contributed by atoms with Crippen LogP contribution < -0.4 is 60.6 Å². The Bertz CT molecular complexity index is 2440. The highest BCUT2D eigenvalue weighted by Crippen LogP contribution is 2.19. The Balaban J connectivity index is 6.52. The van der Waals surface area contributed by atoms with Crippen molar-refractivity contribution in [3.05, 3.63) is 0 Å². The van der Waals surface area contributed by atoms with Gasteiger partial charge in [-0.25, -0.2) is 26.7 Å². The van der Waals surface area contributed by atoms with Gasteiger partial charge in [-0.1, -0.05) is 336 Å². The van der Waals surface area contributed by atoms with Crippen LogP contribution in [-0.4, -0.2) is 109 Å². The van der Waals surface area contributed by atoms with Crippen LogP contribution in [0.1, 0.15) is 445 Å². The number of hydrazone groups is 4. The minimum atomic E-state index is -1.50. The highest BCUT2D eigenvalue weighted by atomic mass is 16.2. The van der Waals surface area contributed by atoms with E-state index in [0.29, 0.717) is 38.5 Å². The van der Waals surface area contributed by atoms with Gasteiger partial charge in [0.2, 0.25) is 29.5 Å². The second kappa shape index (κ2) is 81.5. The van der Waals surface area contributed by atoms with Crippen molar-refractivity contribution in [2.75, 3.05) is 6.54 Å². The van der Waals surface area contributed by atoms with Gasteiger partial charge in [0.05, 0.1) is 0 Å². The van der Waals surface area contributed by atoms with Gasteiger partial charge in [-0.05, 0) is 89.9 Å². The fourth-order valence-corrected chi connectivity index (χ4v) is 13.5. The first-order chi connectivity index (χ1) is 54.2. The van der Waals surface area contributed by atoms with Crippen molar-refractivity contribution in [2.24, 2.45) is 53.3 Å². The zero-order valence-electron chi connectivity index (χ0n) is 71.1. The monoisotopic (exact) mass is 1560 g/mol.